The Morgan fingerprint density at radius 3 is 2.37 bits per heavy atom. The molecule has 5 nitrogen and oxygen atoms in total. The molecule has 4 rings (SSSR count). The molecule has 0 aliphatic carbocycles. The first-order chi connectivity index (χ1) is 16.9. The van der Waals surface area contributed by atoms with Crippen molar-refractivity contribution in [3.8, 4) is 11.3 Å². The molecule has 9 heteroatoms. The van der Waals surface area contributed by atoms with Crippen molar-refractivity contribution in [2.75, 3.05) is 10.6 Å². The molecule has 35 heavy (non-hydrogen) atoms. The molecule has 0 fully saturated rings. The van der Waals surface area contributed by atoms with Crippen molar-refractivity contribution in [1.29, 1.82) is 0 Å². The van der Waals surface area contributed by atoms with E-state index in [1.54, 1.807) is 24.3 Å². The molecule has 0 spiro atoms. The smallest absolute Gasteiger partial charge is 0.239 e. The van der Waals surface area contributed by atoms with Crippen LogP contribution in [0.1, 0.15) is 12.5 Å². The topological polar surface area (TPSA) is 71.1 Å². The minimum atomic E-state index is -0.362. The third-order valence-corrected chi connectivity index (χ3v) is 7.09. The van der Waals surface area contributed by atoms with E-state index in [1.165, 1.54) is 35.2 Å². The number of thiazole rings is 1. The van der Waals surface area contributed by atoms with Crippen molar-refractivity contribution in [3.05, 3.63) is 94.6 Å². The number of anilines is 2. The fourth-order valence-corrected chi connectivity index (χ4v) is 4.87. The molecule has 0 aliphatic rings. The predicted molar refractivity (Wildman–Crippen MR) is 142 cm³/mol. The molecular formula is C26H21ClFN3O2S2. The van der Waals surface area contributed by atoms with E-state index in [9.17, 15) is 14.0 Å². The second-order valence-electron chi connectivity index (χ2n) is 7.67. The number of amides is 2. The Morgan fingerprint density at radius 1 is 1.00 bits per heavy atom. The quantitative estimate of drug-likeness (QED) is 0.245. The summed E-state index contributed by atoms with van der Waals surface area (Å²) in [6.07, 6.45) is 0.254. The molecule has 1 aromatic heterocycles. The molecule has 1 unspecified atom stereocenters. The highest BCUT2D eigenvalue weighted by molar-refractivity contribution is 8.00. The molecule has 0 aliphatic heterocycles. The summed E-state index contributed by atoms with van der Waals surface area (Å²) in [5.74, 6) is -0.601. The molecule has 3 aromatic carbocycles. The summed E-state index contributed by atoms with van der Waals surface area (Å²) in [6.45, 7) is 1.82. The minimum absolute atomic E-state index is 0.121. The van der Waals surface area contributed by atoms with Crippen LogP contribution >= 0.6 is 34.7 Å². The summed E-state index contributed by atoms with van der Waals surface area (Å²) in [5.41, 5.74) is 3.02. The Morgan fingerprint density at radius 2 is 1.69 bits per heavy atom. The first-order valence-electron chi connectivity index (χ1n) is 10.7. The second kappa shape index (κ2) is 11.5. The molecule has 4 aromatic rings. The van der Waals surface area contributed by atoms with Crippen LogP contribution in [0, 0.1) is 5.82 Å². The van der Waals surface area contributed by atoms with Crippen LogP contribution in [-0.4, -0.2) is 22.0 Å². The Hall–Kier alpha value is -3.20. The highest BCUT2D eigenvalue weighted by atomic mass is 35.5. The average Bonchev–Trinajstić information content (AvgIpc) is 3.30. The van der Waals surface area contributed by atoms with Crippen molar-refractivity contribution < 1.29 is 14.0 Å². The van der Waals surface area contributed by atoms with Gasteiger partial charge >= 0.3 is 0 Å². The normalized spacial score (nSPS) is 11.6. The Kier molecular flexibility index (Phi) is 8.17. The van der Waals surface area contributed by atoms with Gasteiger partial charge in [0, 0.05) is 26.5 Å². The maximum absolute atomic E-state index is 13.1. The maximum atomic E-state index is 13.1. The van der Waals surface area contributed by atoms with Gasteiger partial charge in [-0.25, -0.2) is 9.37 Å². The van der Waals surface area contributed by atoms with Crippen LogP contribution < -0.4 is 10.6 Å². The van der Waals surface area contributed by atoms with Crippen molar-refractivity contribution in [1.82, 2.24) is 4.98 Å². The van der Waals surface area contributed by atoms with Gasteiger partial charge in [-0.3, -0.25) is 9.59 Å². The van der Waals surface area contributed by atoms with Crippen LogP contribution in [0.3, 0.4) is 0 Å². The predicted octanol–water partition coefficient (Wildman–Crippen LogP) is 6.90. The summed E-state index contributed by atoms with van der Waals surface area (Å²) < 4.78 is 13.1. The van der Waals surface area contributed by atoms with Gasteiger partial charge in [-0.2, -0.15) is 0 Å². The number of carbonyl (C=O) groups excluding carboxylic acids is 2. The van der Waals surface area contributed by atoms with Crippen LogP contribution in [0.15, 0.2) is 83.1 Å². The first kappa shape index (κ1) is 24.9. The summed E-state index contributed by atoms with van der Waals surface area (Å²) >= 11 is 8.60. The highest BCUT2D eigenvalue weighted by Crippen LogP contribution is 2.28. The lowest BCUT2D eigenvalue weighted by Gasteiger charge is -2.11. The number of carbonyl (C=O) groups is 2. The van der Waals surface area contributed by atoms with Gasteiger partial charge in [0.25, 0.3) is 0 Å². The second-order valence-corrected chi connectivity index (χ2v) is 10.4. The molecule has 1 heterocycles. The third kappa shape index (κ3) is 7.14. The van der Waals surface area contributed by atoms with E-state index in [1.807, 2.05) is 48.7 Å². The van der Waals surface area contributed by atoms with Gasteiger partial charge in [-0.15, -0.1) is 23.1 Å². The minimum Gasteiger partial charge on any atom is -0.326 e. The molecule has 2 amide bonds. The van der Waals surface area contributed by atoms with Crippen LogP contribution in [0.25, 0.3) is 11.3 Å². The highest BCUT2D eigenvalue weighted by Gasteiger charge is 2.17. The fraction of sp³-hybridized carbons (Fsp3) is 0.115. The SMILES string of the molecule is CC(Sc1ccc(NC(=O)Cc2ccc(Cl)cc2)cc1)C(=O)Nc1nc(-c2ccc(F)cc2)cs1. The van der Waals surface area contributed by atoms with Gasteiger partial charge in [-0.05, 0) is 73.2 Å². The summed E-state index contributed by atoms with van der Waals surface area (Å²) in [6, 6.07) is 20.6. The summed E-state index contributed by atoms with van der Waals surface area (Å²) in [4.78, 5) is 30.2. The lowest BCUT2D eigenvalue weighted by atomic mass is 10.1. The lowest BCUT2D eigenvalue weighted by Crippen LogP contribution is -2.22. The lowest BCUT2D eigenvalue weighted by molar-refractivity contribution is -0.116. The summed E-state index contributed by atoms with van der Waals surface area (Å²) in [5, 5.41) is 8.28. The first-order valence-corrected chi connectivity index (χ1v) is 12.8. The number of hydrogen-bond donors (Lipinski definition) is 2. The zero-order valence-electron chi connectivity index (χ0n) is 18.6. The van der Waals surface area contributed by atoms with Crippen molar-refractivity contribution in [2.24, 2.45) is 0 Å². The number of hydrogen-bond acceptors (Lipinski definition) is 5. The van der Waals surface area contributed by atoms with Crippen LogP contribution in [-0.2, 0) is 16.0 Å². The largest absolute Gasteiger partial charge is 0.326 e. The monoisotopic (exact) mass is 525 g/mol. The zero-order valence-corrected chi connectivity index (χ0v) is 21.0. The van der Waals surface area contributed by atoms with Gasteiger partial charge in [0.05, 0.1) is 17.4 Å². The van der Waals surface area contributed by atoms with Gasteiger partial charge in [-0.1, -0.05) is 23.7 Å². The van der Waals surface area contributed by atoms with E-state index in [-0.39, 0.29) is 29.3 Å². The van der Waals surface area contributed by atoms with Crippen LogP contribution in [0.5, 0.6) is 0 Å². The molecular weight excluding hydrogens is 505 g/mol. The van der Waals surface area contributed by atoms with E-state index >= 15 is 0 Å². The van der Waals surface area contributed by atoms with Crippen LogP contribution in [0.4, 0.5) is 15.2 Å². The molecule has 0 bridgehead atoms. The number of benzene rings is 3. The van der Waals surface area contributed by atoms with E-state index in [2.05, 4.69) is 15.6 Å². The number of halogens is 2. The average molecular weight is 526 g/mol. The number of aromatic nitrogens is 1. The molecule has 2 N–H and O–H groups in total. The zero-order chi connectivity index (χ0) is 24.8. The number of rotatable bonds is 8. The van der Waals surface area contributed by atoms with Gasteiger partial charge in [0.1, 0.15) is 5.82 Å². The van der Waals surface area contributed by atoms with Crippen molar-refractivity contribution in [2.45, 2.75) is 23.5 Å². The van der Waals surface area contributed by atoms with E-state index in [4.69, 9.17) is 11.6 Å². The molecule has 1 atom stereocenters. The number of thioether (sulfide) groups is 1. The standard InChI is InChI=1S/C26H21ClFN3O2S2/c1-16(25(33)31-26-30-23(15-34-26)18-4-8-20(28)9-5-18)35-22-12-10-21(11-13-22)29-24(32)14-17-2-6-19(27)7-3-17/h2-13,15-16H,14H2,1H3,(H,29,32)(H,30,31,33). The van der Waals surface area contributed by atoms with E-state index < -0.39 is 0 Å². The Bertz CT molecular complexity index is 1310. The van der Waals surface area contributed by atoms with Crippen molar-refractivity contribution >= 4 is 57.3 Å². The van der Waals surface area contributed by atoms with Crippen molar-refractivity contribution in [3.63, 3.8) is 0 Å². The van der Waals surface area contributed by atoms with Gasteiger partial charge in [0.2, 0.25) is 11.8 Å². The number of nitrogens with one attached hydrogen (secondary N) is 2. The maximum Gasteiger partial charge on any atom is 0.239 e. The van der Waals surface area contributed by atoms with Gasteiger partial charge in [0.15, 0.2) is 5.13 Å². The fourth-order valence-electron chi connectivity index (χ4n) is 3.16. The van der Waals surface area contributed by atoms with E-state index in [0.717, 1.165) is 16.0 Å². The summed E-state index contributed by atoms with van der Waals surface area (Å²) in [7, 11) is 0. The Labute approximate surface area is 215 Å². The third-order valence-electron chi connectivity index (χ3n) is 4.97. The molecule has 0 saturated heterocycles. The number of nitrogens with zero attached hydrogens (tertiary/aromatic N) is 1. The van der Waals surface area contributed by atoms with E-state index in [0.29, 0.717) is 21.5 Å². The Balaban J connectivity index is 1.28. The van der Waals surface area contributed by atoms with Crippen LogP contribution in [0.2, 0.25) is 5.02 Å². The van der Waals surface area contributed by atoms with Gasteiger partial charge < -0.3 is 10.6 Å². The molecule has 0 saturated carbocycles. The molecule has 0 radical (unpaired) electrons. The molecule has 178 valence electrons.